The Hall–Kier alpha value is -3.26. The molecule has 0 saturated heterocycles. The van der Waals surface area contributed by atoms with E-state index < -0.39 is 0 Å². The van der Waals surface area contributed by atoms with Crippen LogP contribution in [0.5, 0.6) is 11.5 Å². The zero-order valence-electron chi connectivity index (χ0n) is 17.1. The van der Waals surface area contributed by atoms with Gasteiger partial charge in [0.1, 0.15) is 6.54 Å². The van der Waals surface area contributed by atoms with Gasteiger partial charge < -0.3 is 24.6 Å². The number of benzene rings is 2. The average molecular weight is 430 g/mol. The molecule has 1 aromatic heterocycles. The second-order valence-electron chi connectivity index (χ2n) is 6.14. The number of hydrogen-bond acceptors (Lipinski definition) is 6. The Balaban J connectivity index is 1.72. The SMILES string of the molecule is CCNC(=NCc1nc(-c2cccc(Cl)c2)no1)Nc1ccc(OCC)c(OC)c1. The van der Waals surface area contributed by atoms with E-state index in [1.165, 1.54) is 0 Å². The predicted octanol–water partition coefficient (Wildman–Crippen LogP) is 4.37. The second-order valence-corrected chi connectivity index (χ2v) is 6.58. The van der Waals surface area contributed by atoms with E-state index in [2.05, 4.69) is 25.8 Å². The van der Waals surface area contributed by atoms with E-state index in [0.717, 1.165) is 11.3 Å². The number of nitrogens with zero attached hydrogens (tertiary/aromatic N) is 3. The number of hydrogen-bond donors (Lipinski definition) is 2. The fraction of sp³-hybridized carbons (Fsp3) is 0.286. The zero-order valence-corrected chi connectivity index (χ0v) is 17.9. The molecular weight excluding hydrogens is 406 g/mol. The van der Waals surface area contributed by atoms with Gasteiger partial charge in [-0.1, -0.05) is 28.9 Å². The summed E-state index contributed by atoms with van der Waals surface area (Å²) in [5.41, 5.74) is 1.59. The van der Waals surface area contributed by atoms with Gasteiger partial charge in [0.15, 0.2) is 17.5 Å². The normalized spacial score (nSPS) is 11.3. The van der Waals surface area contributed by atoms with Crippen LogP contribution < -0.4 is 20.1 Å². The van der Waals surface area contributed by atoms with Crippen molar-refractivity contribution in [1.29, 1.82) is 0 Å². The number of methoxy groups -OCH3 is 1. The highest BCUT2D eigenvalue weighted by atomic mass is 35.5. The van der Waals surface area contributed by atoms with Crippen molar-refractivity contribution in [3.63, 3.8) is 0 Å². The number of guanidine groups is 1. The van der Waals surface area contributed by atoms with Gasteiger partial charge in [-0.3, -0.25) is 0 Å². The molecule has 3 aromatic rings. The standard InChI is InChI=1S/C21H24ClN5O3/c1-4-23-21(25-16-9-10-17(29-5-2)18(12-16)28-3)24-13-19-26-20(27-30-19)14-7-6-8-15(22)11-14/h6-12H,4-5,13H2,1-3H3,(H2,23,24,25). The van der Waals surface area contributed by atoms with Gasteiger partial charge >= 0.3 is 0 Å². The first-order valence-electron chi connectivity index (χ1n) is 9.57. The molecule has 0 spiro atoms. The third kappa shape index (κ3) is 5.64. The number of anilines is 1. The molecule has 1 heterocycles. The van der Waals surface area contributed by atoms with Gasteiger partial charge in [0.25, 0.3) is 0 Å². The maximum atomic E-state index is 6.02. The minimum Gasteiger partial charge on any atom is -0.493 e. The van der Waals surface area contributed by atoms with Crippen LogP contribution >= 0.6 is 11.6 Å². The van der Waals surface area contributed by atoms with Crippen LogP contribution in [0.15, 0.2) is 52.0 Å². The quantitative estimate of drug-likeness (QED) is 0.405. The van der Waals surface area contributed by atoms with E-state index in [4.69, 9.17) is 25.6 Å². The van der Waals surface area contributed by atoms with Gasteiger partial charge in [0.2, 0.25) is 11.7 Å². The van der Waals surface area contributed by atoms with Crippen LogP contribution in [-0.4, -0.2) is 36.4 Å². The van der Waals surface area contributed by atoms with Crippen LogP contribution in [0.25, 0.3) is 11.4 Å². The lowest BCUT2D eigenvalue weighted by Crippen LogP contribution is -2.30. The summed E-state index contributed by atoms with van der Waals surface area (Å²) < 4.78 is 16.3. The lowest BCUT2D eigenvalue weighted by Gasteiger charge is -2.14. The smallest absolute Gasteiger partial charge is 0.248 e. The predicted molar refractivity (Wildman–Crippen MR) is 117 cm³/mol. The van der Waals surface area contributed by atoms with E-state index in [0.29, 0.717) is 47.3 Å². The lowest BCUT2D eigenvalue weighted by atomic mass is 10.2. The summed E-state index contributed by atoms with van der Waals surface area (Å²) in [4.78, 5) is 8.90. The Bertz CT molecular complexity index is 1010. The van der Waals surface area contributed by atoms with Crippen molar-refractivity contribution in [2.45, 2.75) is 20.4 Å². The average Bonchev–Trinajstić information content (AvgIpc) is 3.22. The Kier molecular flexibility index (Phi) is 7.51. The highest BCUT2D eigenvalue weighted by molar-refractivity contribution is 6.30. The highest BCUT2D eigenvalue weighted by Gasteiger charge is 2.10. The number of aromatic nitrogens is 2. The molecular formula is C21H24ClN5O3. The number of rotatable bonds is 8. The molecule has 0 aliphatic carbocycles. The monoisotopic (exact) mass is 429 g/mol. The molecule has 30 heavy (non-hydrogen) atoms. The van der Waals surface area contributed by atoms with E-state index in [-0.39, 0.29) is 6.54 Å². The molecule has 0 fully saturated rings. The van der Waals surface area contributed by atoms with Crippen LogP contribution in [0.1, 0.15) is 19.7 Å². The number of ether oxygens (including phenoxy) is 2. The van der Waals surface area contributed by atoms with E-state index in [1.54, 1.807) is 19.2 Å². The van der Waals surface area contributed by atoms with Gasteiger partial charge in [0, 0.05) is 28.9 Å². The molecule has 9 heteroatoms. The summed E-state index contributed by atoms with van der Waals surface area (Å²) in [6, 6.07) is 12.9. The first kappa shape index (κ1) is 21.4. The first-order chi connectivity index (χ1) is 14.6. The third-order valence-electron chi connectivity index (χ3n) is 3.99. The maximum absolute atomic E-state index is 6.02. The molecule has 0 unspecified atom stereocenters. The molecule has 2 N–H and O–H groups in total. The number of nitrogens with one attached hydrogen (secondary N) is 2. The Morgan fingerprint density at radius 3 is 2.77 bits per heavy atom. The lowest BCUT2D eigenvalue weighted by molar-refractivity contribution is 0.311. The summed E-state index contributed by atoms with van der Waals surface area (Å²) in [6.07, 6.45) is 0. The molecule has 0 bridgehead atoms. The van der Waals surface area contributed by atoms with Crippen molar-refractivity contribution in [2.75, 3.05) is 25.6 Å². The molecule has 2 aromatic carbocycles. The topological polar surface area (TPSA) is 93.8 Å². The van der Waals surface area contributed by atoms with Crippen molar-refractivity contribution in [3.05, 3.63) is 53.4 Å². The maximum Gasteiger partial charge on any atom is 0.248 e. The van der Waals surface area contributed by atoms with E-state index in [1.807, 2.05) is 44.2 Å². The van der Waals surface area contributed by atoms with Gasteiger partial charge in [0.05, 0.1) is 13.7 Å². The minimum atomic E-state index is 0.219. The van der Waals surface area contributed by atoms with Crippen molar-refractivity contribution in [1.82, 2.24) is 15.5 Å². The summed E-state index contributed by atoms with van der Waals surface area (Å²) in [5, 5.41) is 11.0. The molecule has 158 valence electrons. The number of halogens is 1. The molecule has 0 saturated carbocycles. The Labute approximate surface area is 180 Å². The molecule has 8 nitrogen and oxygen atoms in total. The van der Waals surface area contributed by atoms with Crippen LogP contribution in [0, 0.1) is 0 Å². The summed E-state index contributed by atoms with van der Waals surface area (Å²) in [5.74, 6) is 2.77. The third-order valence-corrected chi connectivity index (χ3v) is 4.23. The van der Waals surface area contributed by atoms with Gasteiger partial charge in [-0.25, -0.2) is 4.99 Å². The molecule has 0 aliphatic rings. The van der Waals surface area contributed by atoms with Crippen molar-refractivity contribution in [3.8, 4) is 22.9 Å². The van der Waals surface area contributed by atoms with E-state index >= 15 is 0 Å². The Morgan fingerprint density at radius 2 is 2.03 bits per heavy atom. The second kappa shape index (κ2) is 10.5. The van der Waals surface area contributed by atoms with Crippen LogP contribution in [-0.2, 0) is 6.54 Å². The number of aliphatic imine (C=N–C) groups is 1. The van der Waals surface area contributed by atoms with Crippen molar-refractivity contribution < 1.29 is 14.0 Å². The van der Waals surface area contributed by atoms with E-state index in [9.17, 15) is 0 Å². The summed E-state index contributed by atoms with van der Waals surface area (Å²) >= 11 is 6.02. The summed E-state index contributed by atoms with van der Waals surface area (Å²) in [6.45, 7) is 5.39. The van der Waals surface area contributed by atoms with Crippen LogP contribution in [0.2, 0.25) is 5.02 Å². The first-order valence-corrected chi connectivity index (χ1v) is 9.95. The van der Waals surface area contributed by atoms with Crippen molar-refractivity contribution in [2.24, 2.45) is 4.99 Å². The molecule has 0 atom stereocenters. The fourth-order valence-electron chi connectivity index (χ4n) is 2.67. The molecule has 0 amide bonds. The molecule has 3 rings (SSSR count). The fourth-order valence-corrected chi connectivity index (χ4v) is 2.86. The van der Waals surface area contributed by atoms with Crippen LogP contribution in [0.4, 0.5) is 5.69 Å². The highest BCUT2D eigenvalue weighted by Crippen LogP contribution is 2.30. The minimum absolute atomic E-state index is 0.219. The Morgan fingerprint density at radius 1 is 1.17 bits per heavy atom. The van der Waals surface area contributed by atoms with Gasteiger partial charge in [-0.2, -0.15) is 4.98 Å². The zero-order chi connectivity index (χ0) is 21.3. The van der Waals surface area contributed by atoms with Crippen LogP contribution in [0.3, 0.4) is 0 Å². The van der Waals surface area contributed by atoms with Gasteiger partial charge in [-0.15, -0.1) is 0 Å². The summed E-state index contributed by atoms with van der Waals surface area (Å²) in [7, 11) is 1.61. The molecule has 0 aliphatic heterocycles. The van der Waals surface area contributed by atoms with Gasteiger partial charge in [-0.05, 0) is 38.1 Å². The van der Waals surface area contributed by atoms with Crippen molar-refractivity contribution >= 4 is 23.2 Å². The largest absolute Gasteiger partial charge is 0.493 e. The molecule has 0 radical (unpaired) electrons.